The van der Waals surface area contributed by atoms with Gasteiger partial charge in [0, 0.05) is 5.92 Å². The Morgan fingerprint density at radius 1 is 1.31 bits per heavy atom. The van der Waals surface area contributed by atoms with Gasteiger partial charge in [-0.1, -0.05) is 26.0 Å². The average molecular weight is 222 g/mol. The standard InChI is InChI=1S/C13H19NO2/c1-10(2)7-14-8-11-9-15-12-5-3-4-6-13(12)16-11/h3-6,10-11,14H,7-9H2,1-2H3/p+1/t11-/m1/s1. The van der Waals surface area contributed by atoms with E-state index in [0.29, 0.717) is 6.61 Å². The van der Waals surface area contributed by atoms with Crippen LogP contribution in [0.4, 0.5) is 0 Å². The minimum atomic E-state index is 0.175. The molecular weight excluding hydrogens is 202 g/mol. The maximum atomic E-state index is 5.86. The second-order valence-electron chi connectivity index (χ2n) is 4.65. The number of benzene rings is 1. The van der Waals surface area contributed by atoms with Crippen molar-refractivity contribution in [3.63, 3.8) is 0 Å². The highest BCUT2D eigenvalue weighted by atomic mass is 16.6. The van der Waals surface area contributed by atoms with Gasteiger partial charge in [-0.3, -0.25) is 0 Å². The molecule has 0 aromatic heterocycles. The van der Waals surface area contributed by atoms with Crippen molar-refractivity contribution in [3.05, 3.63) is 24.3 Å². The van der Waals surface area contributed by atoms with E-state index in [4.69, 9.17) is 9.47 Å². The first-order valence-corrected chi connectivity index (χ1v) is 5.96. The van der Waals surface area contributed by atoms with Crippen LogP contribution in [0.3, 0.4) is 0 Å². The zero-order valence-electron chi connectivity index (χ0n) is 9.98. The molecule has 3 nitrogen and oxygen atoms in total. The van der Waals surface area contributed by atoms with Crippen LogP contribution in [0.25, 0.3) is 0 Å². The maximum Gasteiger partial charge on any atom is 0.181 e. The average Bonchev–Trinajstić information content (AvgIpc) is 2.28. The van der Waals surface area contributed by atoms with E-state index in [0.717, 1.165) is 30.5 Å². The molecule has 16 heavy (non-hydrogen) atoms. The quantitative estimate of drug-likeness (QED) is 0.826. The minimum absolute atomic E-state index is 0.175. The number of nitrogens with two attached hydrogens (primary N) is 1. The largest absolute Gasteiger partial charge is 0.486 e. The van der Waals surface area contributed by atoms with Crippen LogP contribution in [-0.4, -0.2) is 25.8 Å². The molecule has 1 aliphatic rings. The molecule has 0 fully saturated rings. The summed E-state index contributed by atoms with van der Waals surface area (Å²) in [6, 6.07) is 7.85. The van der Waals surface area contributed by atoms with Crippen molar-refractivity contribution >= 4 is 0 Å². The maximum absolute atomic E-state index is 5.86. The summed E-state index contributed by atoms with van der Waals surface area (Å²) in [7, 11) is 0. The fourth-order valence-corrected chi connectivity index (χ4v) is 1.79. The van der Waals surface area contributed by atoms with Gasteiger partial charge in [-0.25, -0.2) is 0 Å². The predicted molar refractivity (Wildman–Crippen MR) is 62.9 cm³/mol. The lowest BCUT2D eigenvalue weighted by molar-refractivity contribution is -0.665. The summed E-state index contributed by atoms with van der Waals surface area (Å²) in [5, 5.41) is 2.30. The summed E-state index contributed by atoms with van der Waals surface area (Å²) >= 11 is 0. The summed E-state index contributed by atoms with van der Waals surface area (Å²) in [6.07, 6.45) is 0.175. The third-order valence-corrected chi connectivity index (χ3v) is 2.64. The fraction of sp³-hybridized carbons (Fsp3) is 0.538. The zero-order valence-corrected chi connectivity index (χ0v) is 9.98. The molecule has 0 bridgehead atoms. The van der Waals surface area contributed by atoms with Gasteiger partial charge in [-0.05, 0) is 12.1 Å². The van der Waals surface area contributed by atoms with E-state index in [2.05, 4.69) is 19.2 Å². The van der Waals surface area contributed by atoms with Crippen LogP contribution in [0.5, 0.6) is 11.5 Å². The van der Waals surface area contributed by atoms with Gasteiger partial charge in [0.15, 0.2) is 17.6 Å². The van der Waals surface area contributed by atoms with E-state index < -0.39 is 0 Å². The van der Waals surface area contributed by atoms with Crippen LogP contribution < -0.4 is 14.8 Å². The monoisotopic (exact) mass is 222 g/mol. The zero-order chi connectivity index (χ0) is 11.4. The Balaban J connectivity index is 1.83. The Hall–Kier alpha value is -1.22. The minimum Gasteiger partial charge on any atom is -0.486 e. The normalized spacial score (nSPS) is 18.8. The lowest BCUT2D eigenvalue weighted by Gasteiger charge is -2.25. The van der Waals surface area contributed by atoms with Crippen molar-refractivity contribution in [1.29, 1.82) is 0 Å². The van der Waals surface area contributed by atoms with Gasteiger partial charge in [-0.15, -0.1) is 0 Å². The summed E-state index contributed by atoms with van der Waals surface area (Å²) in [5.74, 6) is 2.45. The van der Waals surface area contributed by atoms with Crippen molar-refractivity contribution in [2.45, 2.75) is 20.0 Å². The molecule has 0 aliphatic carbocycles. The number of hydrogen-bond donors (Lipinski definition) is 1. The molecule has 3 heteroatoms. The molecule has 2 rings (SSSR count). The van der Waals surface area contributed by atoms with E-state index in [1.165, 1.54) is 0 Å². The van der Waals surface area contributed by atoms with Gasteiger partial charge < -0.3 is 14.8 Å². The number of rotatable bonds is 4. The second-order valence-corrected chi connectivity index (χ2v) is 4.65. The van der Waals surface area contributed by atoms with Gasteiger partial charge in [0.1, 0.15) is 13.2 Å². The summed E-state index contributed by atoms with van der Waals surface area (Å²) in [5.41, 5.74) is 0. The van der Waals surface area contributed by atoms with Gasteiger partial charge in [0.2, 0.25) is 0 Å². The Labute approximate surface area is 96.8 Å². The van der Waals surface area contributed by atoms with E-state index >= 15 is 0 Å². The van der Waals surface area contributed by atoms with Gasteiger partial charge in [-0.2, -0.15) is 0 Å². The Morgan fingerprint density at radius 3 is 2.81 bits per heavy atom. The van der Waals surface area contributed by atoms with Crippen LogP contribution in [0.15, 0.2) is 24.3 Å². The van der Waals surface area contributed by atoms with Crippen LogP contribution in [0, 0.1) is 5.92 Å². The third kappa shape index (κ3) is 2.89. The first-order valence-electron chi connectivity index (χ1n) is 5.96. The Bertz CT molecular complexity index is 338. The Kier molecular flexibility index (Phi) is 3.67. The molecule has 0 radical (unpaired) electrons. The molecule has 1 heterocycles. The molecule has 1 aliphatic heterocycles. The van der Waals surface area contributed by atoms with E-state index in [-0.39, 0.29) is 6.10 Å². The van der Waals surface area contributed by atoms with Crippen molar-refractivity contribution < 1.29 is 14.8 Å². The van der Waals surface area contributed by atoms with Crippen LogP contribution >= 0.6 is 0 Å². The van der Waals surface area contributed by atoms with Crippen LogP contribution in [0.1, 0.15) is 13.8 Å². The summed E-state index contributed by atoms with van der Waals surface area (Å²) in [4.78, 5) is 0. The lowest BCUT2D eigenvalue weighted by Crippen LogP contribution is -2.88. The highest BCUT2D eigenvalue weighted by Gasteiger charge is 2.21. The predicted octanol–water partition coefficient (Wildman–Crippen LogP) is 1.05. The van der Waals surface area contributed by atoms with E-state index in [9.17, 15) is 0 Å². The highest BCUT2D eigenvalue weighted by molar-refractivity contribution is 5.40. The van der Waals surface area contributed by atoms with Crippen molar-refractivity contribution in [2.24, 2.45) is 5.92 Å². The molecule has 1 aromatic rings. The molecule has 0 saturated heterocycles. The summed E-state index contributed by atoms with van der Waals surface area (Å²) < 4.78 is 11.5. The molecular formula is C13H20NO2+. The number of quaternary nitrogens is 1. The molecule has 1 atom stereocenters. The topological polar surface area (TPSA) is 35.1 Å². The molecule has 0 saturated carbocycles. The molecule has 2 N–H and O–H groups in total. The lowest BCUT2D eigenvalue weighted by atomic mass is 10.2. The highest BCUT2D eigenvalue weighted by Crippen LogP contribution is 2.30. The first-order chi connectivity index (χ1) is 7.75. The molecule has 88 valence electrons. The molecule has 0 spiro atoms. The number of para-hydroxylation sites is 2. The Morgan fingerprint density at radius 2 is 2.06 bits per heavy atom. The van der Waals surface area contributed by atoms with Gasteiger partial charge in [0.25, 0.3) is 0 Å². The summed E-state index contributed by atoms with van der Waals surface area (Å²) in [6.45, 7) is 7.22. The van der Waals surface area contributed by atoms with E-state index in [1.54, 1.807) is 0 Å². The SMILES string of the molecule is CC(C)C[NH2+]C[C@@H]1COc2ccccc2O1. The van der Waals surface area contributed by atoms with Gasteiger partial charge in [0.05, 0.1) is 6.54 Å². The van der Waals surface area contributed by atoms with Crippen LogP contribution in [0.2, 0.25) is 0 Å². The van der Waals surface area contributed by atoms with E-state index in [1.807, 2.05) is 24.3 Å². The van der Waals surface area contributed by atoms with Crippen molar-refractivity contribution in [1.82, 2.24) is 0 Å². The molecule has 1 aromatic carbocycles. The smallest absolute Gasteiger partial charge is 0.181 e. The number of fused-ring (bicyclic) bond motifs is 1. The first kappa shape index (κ1) is 11.3. The van der Waals surface area contributed by atoms with Crippen LogP contribution in [-0.2, 0) is 0 Å². The molecule has 0 amide bonds. The fourth-order valence-electron chi connectivity index (χ4n) is 1.79. The van der Waals surface area contributed by atoms with Crippen molar-refractivity contribution in [3.8, 4) is 11.5 Å². The number of hydrogen-bond acceptors (Lipinski definition) is 2. The third-order valence-electron chi connectivity index (χ3n) is 2.64. The van der Waals surface area contributed by atoms with Crippen molar-refractivity contribution in [2.75, 3.05) is 19.7 Å². The molecule has 0 unspecified atom stereocenters. The second kappa shape index (κ2) is 5.21. The number of ether oxygens (including phenoxy) is 2. The van der Waals surface area contributed by atoms with Gasteiger partial charge >= 0.3 is 0 Å².